The molecule has 124 valence electrons. The van der Waals surface area contributed by atoms with Crippen molar-refractivity contribution in [3.05, 3.63) is 86.0 Å². The quantitative estimate of drug-likeness (QED) is 0.331. The van der Waals surface area contributed by atoms with Gasteiger partial charge in [0.25, 0.3) is 5.69 Å². The van der Waals surface area contributed by atoms with Gasteiger partial charge in [-0.2, -0.15) is 0 Å². The van der Waals surface area contributed by atoms with Crippen molar-refractivity contribution in [1.82, 2.24) is 0 Å². The van der Waals surface area contributed by atoms with Crippen LogP contribution in [0.1, 0.15) is 11.1 Å². The predicted octanol–water partition coefficient (Wildman–Crippen LogP) is 4.37. The molecule has 1 aliphatic rings. The molecule has 1 aliphatic heterocycles. The summed E-state index contributed by atoms with van der Waals surface area (Å²) in [5, 5.41) is 10.6. The van der Waals surface area contributed by atoms with Gasteiger partial charge in [-0.25, -0.2) is 9.79 Å². The Morgan fingerprint density at radius 2 is 1.84 bits per heavy atom. The molecule has 7 heteroatoms. The van der Waals surface area contributed by atoms with E-state index in [4.69, 9.17) is 4.74 Å². The van der Waals surface area contributed by atoms with E-state index in [1.54, 1.807) is 30.4 Å². The third-order valence-electron chi connectivity index (χ3n) is 3.31. The topological polar surface area (TPSA) is 81.8 Å². The number of aliphatic imine (C=N–C) groups is 1. The SMILES string of the molecule is O=C1OC(/C=C/c2ccc([N+](=O)[O-])cc2)=NC/1=C\c1cccc(Br)c1. The molecule has 0 radical (unpaired) electrons. The van der Waals surface area contributed by atoms with E-state index < -0.39 is 10.9 Å². The Bertz CT molecular complexity index is 930. The highest BCUT2D eigenvalue weighted by Crippen LogP contribution is 2.19. The highest BCUT2D eigenvalue weighted by molar-refractivity contribution is 9.10. The number of hydrogen-bond acceptors (Lipinski definition) is 5. The third-order valence-corrected chi connectivity index (χ3v) is 3.80. The molecule has 0 saturated carbocycles. The van der Waals surface area contributed by atoms with Crippen LogP contribution < -0.4 is 0 Å². The lowest BCUT2D eigenvalue weighted by atomic mass is 10.2. The zero-order valence-corrected chi connectivity index (χ0v) is 14.3. The third kappa shape index (κ3) is 4.27. The number of ether oxygens (including phenoxy) is 1. The van der Waals surface area contributed by atoms with Crippen LogP contribution in [0.3, 0.4) is 0 Å². The second-order valence-electron chi connectivity index (χ2n) is 5.11. The van der Waals surface area contributed by atoms with Crippen molar-refractivity contribution in [2.24, 2.45) is 4.99 Å². The minimum atomic E-state index is -0.525. The van der Waals surface area contributed by atoms with Crippen LogP contribution in [0.25, 0.3) is 12.2 Å². The molecule has 25 heavy (non-hydrogen) atoms. The molecule has 0 aliphatic carbocycles. The summed E-state index contributed by atoms with van der Waals surface area (Å²) >= 11 is 3.37. The van der Waals surface area contributed by atoms with Gasteiger partial charge in [0.2, 0.25) is 5.90 Å². The largest absolute Gasteiger partial charge is 0.403 e. The molecule has 6 nitrogen and oxygen atoms in total. The van der Waals surface area contributed by atoms with Gasteiger partial charge in [0.1, 0.15) is 0 Å². The van der Waals surface area contributed by atoms with Crippen molar-refractivity contribution < 1.29 is 14.5 Å². The summed E-state index contributed by atoms with van der Waals surface area (Å²) in [5.41, 5.74) is 1.78. The second-order valence-corrected chi connectivity index (χ2v) is 6.02. The van der Waals surface area contributed by atoms with Crippen LogP contribution in [0.5, 0.6) is 0 Å². The first-order chi connectivity index (χ1) is 12.0. The number of hydrogen-bond donors (Lipinski definition) is 0. The van der Waals surface area contributed by atoms with Gasteiger partial charge in [-0.15, -0.1) is 0 Å². The smallest absolute Gasteiger partial charge is 0.363 e. The fourth-order valence-electron chi connectivity index (χ4n) is 2.13. The van der Waals surface area contributed by atoms with Crippen molar-refractivity contribution in [2.75, 3.05) is 0 Å². The molecule has 0 N–H and O–H groups in total. The Balaban J connectivity index is 1.77. The number of carbonyl (C=O) groups excluding carboxylic acids is 1. The first-order valence-electron chi connectivity index (χ1n) is 7.22. The predicted molar refractivity (Wildman–Crippen MR) is 97.8 cm³/mol. The van der Waals surface area contributed by atoms with Crippen molar-refractivity contribution >= 4 is 45.6 Å². The van der Waals surface area contributed by atoms with Gasteiger partial charge in [0.15, 0.2) is 5.70 Å². The van der Waals surface area contributed by atoms with E-state index in [1.807, 2.05) is 24.3 Å². The minimum absolute atomic E-state index is 0.0148. The fourth-order valence-corrected chi connectivity index (χ4v) is 2.54. The monoisotopic (exact) mass is 398 g/mol. The number of benzene rings is 2. The molecule has 3 rings (SSSR count). The Hall–Kier alpha value is -3.06. The van der Waals surface area contributed by atoms with Gasteiger partial charge in [-0.1, -0.05) is 28.1 Å². The Kier molecular flexibility index (Phi) is 4.85. The molecule has 0 aromatic heterocycles. The van der Waals surface area contributed by atoms with Crippen molar-refractivity contribution in [2.45, 2.75) is 0 Å². The van der Waals surface area contributed by atoms with Crippen LogP contribution in [0.4, 0.5) is 5.69 Å². The molecule has 0 amide bonds. The number of nitrogens with zero attached hydrogens (tertiary/aromatic N) is 2. The first kappa shape index (κ1) is 16.8. The van der Waals surface area contributed by atoms with E-state index in [0.717, 1.165) is 15.6 Å². The maximum atomic E-state index is 11.9. The summed E-state index contributed by atoms with van der Waals surface area (Å²) in [4.78, 5) is 26.2. The van der Waals surface area contributed by atoms with Crippen LogP contribution in [-0.4, -0.2) is 16.8 Å². The Labute approximate surface area is 151 Å². The molecular formula is C18H11BrN2O4. The van der Waals surface area contributed by atoms with Crippen molar-refractivity contribution in [3.63, 3.8) is 0 Å². The molecule has 0 atom stereocenters. The second kappa shape index (κ2) is 7.23. The number of esters is 1. The maximum Gasteiger partial charge on any atom is 0.363 e. The summed E-state index contributed by atoms with van der Waals surface area (Å²) in [6.45, 7) is 0. The molecule has 2 aromatic rings. The summed E-state index contributed by atoms with van der Waals surface area (Å²) in [6, 6.07) is 13.5. The molecule has 1 heterocycles. The first-order valence-corrected chi connectivity index (χ1v) is 8.01. The summed E-state index contributed by atoms with van der Waals surface area (Å²) in [5.74, 6) is -0.354. The number of rotatable bonds is 4. The van der Waals surface area contributed by atoms with Crippen LogP contribution in [0, 0.1) is 10.1 Å². The molecule has 0 spiro atoms. The average molecular weight is 399 g/mol. The average Bonchev–Trinajstić information content (AvgIpc) is 2.93. The summed E-state index contributed by atoms with van der Waals surface area (Å²) < 4.78 is 5.99. The van der Waals surface area contributed by atoms with E-state index in [2.05, 4.69) is 20.9 Å². The van der Waals surface area contributed by atoms with E-state index >= 15 is 0 Å². The molecule has 0 saturated heterocycles. The Morgan fingerprint density at radius 1 is 1.08 bits per heavy atom. The molecular weight excluding hydrogens is 388 g/mol. The normalized spacial score (nSPS) is 15.5. The van der Waals surface area contributed by atoms with Crippen molar-refractivity contribution in [1.29, 1.82) is 0 Å². The lowest BCUT2D eigenvalue weighted by molar-refractivity contribution is -0.384. The molecule has 2 aromatic carbocycles. The van der Waals surface area contributed by atoms with Crippen LogP contribution in [-0.2, 0) is 9.53 Å². The number of nitro benzene ring substituents is 1. The van der Waals surface area contributed by atoms with Gasteiger partial charge >= 0.3 is 5.97 Å². The lowest BCUT2D eigenvalue weighted by Crippen LogP contribution is -2.01. The van der Waals surface area contributed by atoms with E-state index in [-0.39, 0.29) is 17.3 Å². The molecule has 0 fully saturated rings. The number of nitro groups is 1. The van der Waals surface area contributed by atoms with Crippen LogP contribution in [0.2, 0.25) is 0 Å². The number of cyclic esters (lactones) is 1. The van der Waals surface area contributed by atoms with E-state index in [0.29, 0.717) is 0 Å². The lowest BCUT2D eigenvalue weighted by Gasteiger charge is -1.95. The summed E-state index contributed by atoms with van der Waals surface area (Å²) in [6.07, 6.45) is 4.85. The van der Waals surface area contributed by atoms with Gasteiger partial charge in [0.05, 0.1) is 4.92 Å². The van der Waals surface area contributed by atoms with Gasteiger partial charge < -0.3 is 4.74 Å². The molecule has 0 bridgehead atoms. The molecule has 0 unspecified atom stereocenters. The van der Waals surface area contributed by atoms with Gasteiger partial charge in [0, 0.05) is 22.7 Å². The fraction of sp³-hybridized carbons (Fsp3) is 0. The Morgan fingerprint density at radius 3 is 2.52 bits per heavy atom. The highest BCUT2D eigenvalue weighted by atomic mass is 79.9. The zero-order valence-electron chi connectivity index (χ0n) is 12.8. The van der Waals surface area contributed by atoms with Crippen LogP contribution >= 0.6 is 15.9 Å². The van der Waals surface area contributed by atoms with Gasteiger partial charge in [-0.3, -0.25) is 10.1 Å². The van der Waals surface area contributed by atoms with Crippen molar-refractivity contribution in [3.8, 4) is 0 Å². The number of carbonyl (C=O) groups is 1. The number of non-ortho nitro benzene ring substituents is 1. The van der Waals surface area contributed by atoms with E-state index in [1.165, 1.54) is 12.1 Å². The number of halogens is 1. The maximum absolute atomic E-state index is 11.9. The van der Waals surface area contributed by atoms with Crippen LogP contribution in [0.15, 0.2) is 69.8 Å². The highest BCUT2D eigenvalue weighted by Gasteiger charge is 2.21. The van der Waals surface area contributed by atoms with E-state index in [9.17, 15) is 14.9 Å². The standard InChI is InChI=1S/C18H11BrN2O4/c19-14-3-1-2-13(10-14)11-16-18(22)25-17(20-16)9-6-12-4-7-15(8-5-12)21(23)24/h1-11H/b9-6+,16-11-. The zero-order chi connectivity index (χ0) is 17.8. The summed E-state index contributed by atoms with van der Waals surface area (Å²) in [7, 11) is 0. The van der Waals surface area contributed by atoms with Gasteiger partial charge in [-0.05, 0) is 47.5 Å². The minimum Gasteiger partial charge on any atom is -0.403 e.